The van der Waals surface area contributed by atoms with Crippen molar-refractivity contribution in [1.82, 2.24) is 0 Å². The zero-order valence-corrected chi connectivity index (χ0v) is 8.94. The second-order valence-corrected chi connectivity index (χ2v) is 3.17. The molecule has 1 rings (SSSR count). The summed E-state index contributed by atoms with van der Waals surface area (Å²) < 4.78 is 5.36. The molecular weight excluding hydrogens is 210 g/mol. The van der Waals surface area contributed by atoms with Gasteiger partial charge >= 0.3 is 0 Å². The Bertz CT molecular complexity index is 365. The summed E-state index contributed by atoms with van der Waals surface area (Å²) in [4.78, 5) is 2.81. The third kappa shape index (κ3) is 2.57. The molecule has 0 bridgehead atoms. The van der Waals surface area contributed by atoms with Crippen LogP contribution < -0.4 is 9.72 Å². The van der Waals surface area contributed by atoms with Crippen LogP contribution in [0.15, 0.2) is 18.9 Å². The van der Waals surface area contributed by atoms with Crippen molar-refractivity contribution in [1.29, 1.82) is 0 Å². The van der Waals surface area contributed by atoms with Crippen molar-refractivity contribution >= 4 is 0 Å². The largest absolute Gasteiger partial charge is 0.483 e. The van der Waals surface area contributed by atoms with E-state index in [1.54, 1.807) is 6.08 Å². The van der Waals surface area contributed by atoms with Gasteiger partial charge in [0.1, 0.15) is 13.2 Å². The molecule has 0 atom stereocenters. The maximum atomic E-state index is 9.24. The first-order chi connectivity index (χ1) is 7.78. The van der Waals surface area contributed by atoms with Gasteiger partial charge in [0.25, 0.3) is 0 Å². The highest BCUT2D eigenvalue weighted by atomic mass is 16.5. The molecule has 4 N–H and O–H groups in total. The number of ether oxygens (including phenoxy) is 1. The third-order valence-electron chi connectivity index (χ3n) is 2.19. The van der Waals surface area contributed by atoms with Gasteiger partial charge in [0, 0.05) is 5.56 Å². The Labute approximate surface area is 93.6 Å². The molecule has 0 radical (unpaired) electrons. The summed E-state index contributed by atoms with van der Waals surface area (Å²) >= 11 is 0. The average molecular weight is 226 g/mol. The first-order valence-electron chi connectivity index (χ1n) is 4.90. The van der Waals surface area contributed by atoms with Crippen LogP contribution in [-0.2, 0) is 19.8 Å². The average Bonchev–Trinajstić information content (AvgIpc) is 2.34. The topological polar surface area (TPSA) is 84.1 Å². The van der Waals surface area contributed by atoms with E-state index in [4.69, 9.17) is 14.9 Å². The molecule has 0 saturated carbocycles. The van der Waals surface area contributed by atoms with E-state index in [1.165, 1.54) is 6.20 Å². The zero-order chi connectivity index (χ0) is 12.0. The molecule has 0 spiro atoms. The number of nitrogens with one attached hydrogen (secondary N) is 1. The number of rotatable bonds is 6. The quantitative estimate of drug-likeness (QED) is 0.573. The number of aliphatic hydroxyl groups excluding tert-OH is 3. The van der Waals surface area contributed by atoms with E-state index in [1.807, 2.05) is 0 Å². The summed E-state index contributed by atoms with van der Waals surface area (Å²) in [6.07, 6.45) is 3.10. The molecule has 1 aromatic heterocycles. The maximum absolute atomic E-state index is 9.24. The van der Waals surface area contributed by atoms with Gasteiger partial charge in [0.05, 0.1) is 18.8 Å². The normalized spacial score (nSPS) is 10.2. The van der Waals surface area contributed by atoms with Gasteiger partial charge in [-0.25, -0.2) is 4.98 Å². The van der Waals surface area contributed by atoms with E-state index in [0.29, 0.717) is 22.6 Å². The molecule has 16 heavy (non-hydrogen) atoms. The highest BCUT2D eigenvalue weighted by Gasteiger charge is 2.19. The van der Waals surface area contributed by atoms with Gasteiger partial charge in [-0.1, -0.05) is 12.7 Å². The first-order valence-corrected chi connectivity index (χ1v) is 4.90. The molecule has 0 aliphatic rings. The van der Waals surface area contributed by atoms with Gasteiger partial charge in [-0.2, -0.15) is 0 Å². The molecule has 0 unspecified atom stereocenters. The summed E-state index contributed by atoms with van der Waals surface area (Å²) in [5.74, 6) is 0.372. The van der Waals surface area contributed by atoms with Crippen molar-refractivity contribution in [2.24, 2.45) is 0 Å². The number of aromatic amines is 1. The van der Waals surface area contributed by atoms with Gasteiger partial charge in [-0.05, 0) is 0 Å². The first kappa shape index (κ1) is 12.6. The smallest absolute Gasteiger partial charge is 0.248 e. The van der Waals surface area contributed by atoms with E-state index in [2.05, 4.69) is 11.6 Å². The van der Waals surface area contributed by atoms with E-state index in [0.717, 1.165) is 0 Å². The summed E-state index contributed by atoms with van der Waals surface area (Å²) in [6.45, 7) is 3.09. The van der Waals surface area contributed by atoms with Gasteiger partial charge < -0.3 is 20.1 Å². The Morgan fingerprint density at radius 3 is 2.50 bits per heavy atom. The minimum Gasteiger partial charge on any atom is -0.483 e. The van der Waals surface area contributed by atoms with E-state index in [-0.39, 0.29) is 26.4 Å². The number of aromatic nitrogens is 1. The standard InChI is InChI=1S/C11H15NO4/c1-2-3-16-11-9(6-14)8(5-13)4-12-10(11)7-15/h2,4,13-15H,1,3,5-7H2/p+1. The van der Waals surface area contributed by atoms with Crippen LogP contribution in [0.2, 0.25) is 0 Å². The van der Waals surface area contributed by atoms with Crippen molar-refractivity contribution in [3.8, 4) is 5.75 Å². The Hall–Kier alpha value is -1.43. The monoisotopic (exact) mass is 226 g/mol. The fourth-order valence-corrected chi connectivity index (χ4v) is 1.40. The van der Waals surface area contributed by atoms with E-state index >= 15 is 0 Å². The van der Waals surface area contributed by atoms with Gasteiger partial charge in [0.2, 0.25) is 5.69 Å². The van der Waals surface area contributed by atoms with Crippen LogP contribution in [-0.4, -0.2) is 21.9 Å². The van der Waals surface area contributed by atoms with Crippen molar-refractivity contribution in [2.45, 2.75) is 19.8 Å². The molecule has 0 aliphatic carbocycles. The fourth-order valence-electron chi connectivity index (χ4n) is 1.40. The van der Waals surface area contributed by atoms with E-state index in [9.17, 15) is 5.11 Å². The summed E-state index contributed by atoms with van der Waals surface area (Å²) in [5.41, 5.74) is 1.48. The van der Waals surface area contributed by atoms with E-state index < -0.39 is 0 Å². The number of hydrogen-bond acceptors (Lipinski definition) is 4. The lowest BCUT2D eigenvalue weighted by Crippen LogP contribution is -2.18. The van der Waals surface area contributed by atoms with Gasteiger partial charge in [-0.15, -0.1) is 0 Å². The van der Waals surface area contributed by atoms with Crippen LogP contribution in [0.4, 0.5) is 0 Å². The Kier molecular flexibility index (Phi) is 4.91. The number of H-pyrrole nitrogens is 1. The van der Waals surface area contributed by atoms with Crippen LogP contribution in [0.5, 0.6) is 5.75 Å². The number of hydrogen-bond donors (Lipinski definition) is 3. The van der Waals surface area contributed by atoms with Crippen molar-refractivity contribution in [2.75, 3.05) is 6.61 Å². The molecule has 5 heteroatoms. The van der Waals surface area contributed by atoms with Crippen LogP contribution in [0.1, 0.15) is 16.8 Å². The Balaban J connectivity index is 3.19. The molecule has 5 nitrogen and oxygen atoms in total. The number of pyridine rings is 1. The fraction of sp³-hybridized carbons (Fsp3) is 0.364. The van der Waals surface area contributed by atoms with Crippen LogP contribution in [0.25, 0.3) is 0 Å². The summed E-state index contributed by atoms with van der Waals surface area (Å²) in [5, 5.41) is 27.5. The number of aliphatic hydroxyl groups is 3. The van der Waals surface area contributed by atoms with Crippen LogP contribution >= 0.6 is 0 Å². The summed E-state index contributed by atoms with van der Waals surface area (Å²) in [7, 11) is 0. The SMILES string of the molecule is C=CCOc1c(CO)[nH+]cc(CO)c1CO. The molecular formula is C11H16NO4+. The van der Waals surface area contributed by atoms with Crippen molar-refractivity contribution in [3.05, 3.63) is 35.7 Å². The minimum atomic E-state index is -0.260. The lowest BCUT2D eigenvalue weighted by molar-refractivity contribution is -0.397. The van der Waals surface area contributed by atoms with Gasteiger partial charge in [-0.3, -0.25) is 0 Å². The van der Waals surface area contributed by atoms with Crippen molar-refractivity contribution in [3.63, 3.8) is 0 Å². The molecule has 1 aromatic rings. The predicted molar refractivity (Wildman–Crippen MR) is 56.5 cm³/mol. The zero-order valence-electron chi connectivity index (χ0n) is 8.94. The maximum Gasteiger partial charge on any atom is 0.248 e. The summed E-state index contributed by atoms with van der Waals surface area (Å²) in [6, 6.07) is 0. The highest BCUT2D eigenvalue weighted by molar-refractivity contribution is 5.39. The lowest BCUT2D eigenvalue weighted by Gasteiger charge is -2.11. The molecule has 0 aromatic carbocycles. The van der Waals surface area contributed by atoms with Crippen LogP contribution in [0.3, 0.4) is 0 Å². The predicted octanol–water partition coefficient (Wildman–Crippen LogP) is -0.458. The highest BCUT2D eigenvalue weighted by Crippen LogP contribution is 2.24. The minimum absolute atomic E-state index is 0.206. The Morgan fingerprint density at radius 1 is 1.25 bits per heavy atom. The third-order valence-corrected chi connectivity index (χ3v) is 2.19. The Morgan fingerprint density at radius 2 is 2.00 bits per heavy atom. The second-order valence-electron chi connectivity index (χ2n) is 3.17. The van der Waals surface area contributed by atoms with Crippen LogP contribution in [0, 0.1) is 0 Å². The molecule has 0 saturated heterocycles. The van der Waals surface area contributed by atoms with Crippen molar-refractivity contribution < 1.29 is 25.0 Å². The molecule has 88 valence electrons. The molecule has 0 amide bonds. The van der Waals surface area contributed by atoms with Gasteiger partial charge in [0.15, 0.2) is 11.9 Å². The molecule has 0 aliphatic heterocycles. The second kappa shape index (κ2) is 6.22. The molecule has 0 fully saturated rings. The molecule has 1 heterocycles. The lowest BCUT2D eigenvalue weighted by atomic mass is 10.1.